The van der Waals surface area contributed by atoms with Gasteiger partial charge in [-0.25, -0.2) is 14.8 Å². The second-order valence-corrected chi connectivity index (χ2v) is 5.74. The van der Waals surface area contributed by atoms with Crippen LogP contribution in [0.4, 0.5) is 5.00 Å². The first-order chi connectivity index (χ1) is 9.93. The van der Waals surface area contributed by atoms with E-state index in [1.807, 2.05) is 0 Å². The monoisotopic (exact) mass is 344 g/mol. The molecule has 0 radical (unpaired) electrons. The molecule has 2 heterocycles. The summed E-state index contributed by atoms with van der Waals surface area (Å²) in [5.41, 5.74) is 0.281. The fourth-order valence-corrected chi connectivity index (χ4v) is 2.78. The summed E-state index contributed by atoms with van der Waals surface area (Å²) in [4.78, 5) is 31.3. The third kappa shape index (κ3) is 3.31. The van der Waals surface area contributed by atoms with Crippen molar-refractivity contribution in [2.75, 3.05) is 11.6 Å². The lowest BCUT2D eigenvalue weighted by molar-refractivity contribution is 0.0697. The van der Waals surface area contributed by atoms with Crippen LogP contribution < -0.4 is 5.32 Å². The molecule has 10 heteroatoms. The van der Waals surface area contributed by atoms with Gasteiger partial charge in [-0.1, -0.05) is 23.4 Å². The summed E-state index contributed by atoms with van der Waals surface area (Å²) in [5, 5.41) is 12.2. The number of amides is 1. The zero-order valence-electron chi connectivity index (χ0n) is 10.9. The van der Waals surface area contributed by atoms with Crippen molar-refractivity contribution in [2.24, 2.45) is 0 Å². The van der Waals surface area contributed by atoms with Gasteiger partial charge in [0.05, 0.1) is 16.9 Å². The highest BCUT2D eigenvalue weighted by atomic mass is 35.5. The maximum Gasteiger partial charge on any atom is 0.340 e. The Kier molecular flexibility index (Phi) is 4.76. The van der Waals surface area contributed by atoms with E-state index in [0.717, 1.165) is 11.5 Å². The number of carboxylic acids is 1. The number of aromatic nitrogens is 3. The molecule has 0 atom stereocenters. The molecule has 0 spiro atoms. The number of hydrogen-bond acceptors (Lipinski definition) is 7. The number of nitrogens with zero attached hydrogens (tertiary/aromatic N) is 3. The molecule has 0 fully saturated rings. The van der Waals surface area contributed by atoms with Crippen molar-refractivity contribution in [3.63, 3.8) is 0 Å². The van der Waals surface area contributed by atoms with Gasteiger partial charge in [0.1, 0.15) is 10.6 Å². The Bertz CT molecular complexity index is 719. The lowest BCUT2D eigenvalue weighted by atomic mass is 10.2. The molecule has 7 nitrogen and oxygen atoms in total. The number of halogens is 1. The zero-order chi connectivity index (χ0) is 15.6. The third-order valence-corrected chi connectivity index (χ3v) is 4.12. The Balaban J connectivity index is 2.33. The summed E-state index contributed by atoms with van der Waals surface area (Å²) in [6, 6.07) is 0. The smallest absolute Gasteiger partial charge is 0.340 e. The van der Waals surface area contributed by atoms with Crippen LogP contribution in [0.3, 0.4) is 0 Å². The molecule has 110 valence electrons. The molecule has 2 aromatic rings. The standard InChI is InChI=1S/C11H9ClN4O3S2/c1-4-6(10(18)19)9(21-16-4)15-8(17)7-5(12)3-13-11(14-7)20-2/h3H,1-2H3,(H,15,17)(H,18,19). The maximum atomic E-state index is 12.2. The van der Waals surface area contributed by atoms with Gasteiger partial charge < -0.3 is 10.4 Å². The van der Waals surface area contributed by atoms with E-state index in [1.165, 1.54) is 18.0 Å². The van der Waals surface area contributed by atoms with Crippen molar-refractivity contribution in [2.45, 2.75) is 12.1 Å². The molecule has 2 aromatic heterocycles. The Labute approximate surface area is 132 Å². The number of carbonyl (C=O) groups is 2. The molecule has 0 unspecified atom stereocenters. The van der Waals surface area contributed by atoms with Gasteiger partial charge in [-0.2, -0.15) is 4.37 Å². The van der Waals surface area contributed by atoms with Gasteiger partial charge in [0, 0.05) is 0 Å². The third-order valence-electron chi connectivity index (χ3n) is 2.42. The molecule has 0 saturated carbocycles. The minimum absolute atomic E-state index is 0.0154. The maximum absolute atomic E-state index is 12.2. The van der Waals surface area contributed by atoms with E-state index in [4.69, 9.17) is 16.7 Å². The largest absolute Gasteiger partial charge is 0.478 e. The second kappa shape index (κ2) is 6.37. The number of anilines is 1. The highest BCUT2D eigenvalue weighted by Crippen LogP contribution is 2.26. The molecular formula is C11H9ClN4O3S2. The fraction of sp³-hybridized carbons (Fsp3) is 0.182. The van der Waals surface area contributed by atoms with Gasteiger partial charge in [0.2, 0.25) is 0 Å². The van der Waals surface area contributed by atoms with Crippen LogP contribution in [0, 0.1) is 6.92 Å². The van der Waals surface area contributed by atoms with Gasteiger partial charge in [-0.15, -0.1) is 0 Å². The predicted molar refractivity (Wildman–Crippen MR) is 80.6 cm³/mol. The van der Waals surface area contributed by atoms with Crippen LogP contribution in [0.1, 0.15) is 26.5 Å². The van der Waals surface area contributed by atoms with Crippen molar-refractivity contribution < 1.29 is 14.7 Å². The lowest BCUT2D eigenvalue weighted by Crippen LogP contribution is -2.16. The van der Waals surface area contributed by atoms with Gasteiger partial charge in [-0.05, 0) is 24.7 Å². The average Bonchev–Trinajstić information content (AvgIpc) is 2.80. The number of aryl methyl sites for hydroxylation is 1. The van der Waals surface area contributed by atoms with E-state index >= 15 is 0 Å². The first-order valence-corrected chi connectivity index (χ1v) is 7.89. The summed E-state index contributed by atoms with van der Waals surface area (Å²) >= 11 is 8.05. The van der Waals surface area contributed by atoms with Gasteiger partial charge in [0.25, 0.3) is 5.91 Å². The Morgan fingerprint density at radius 2 is 2.19 bits per heavy atom. The van der Waals surface area contributed by atoms with Crippen molar-refractivity contribution in [1.82, 2.24) is 14.3 Å². The van der Waals surface area contributed by atoms with Gasteiger partial charge in [0.15, 0.2) is 10.9 Å². The molecule has 0 aliphatic carbocycles. The van der Waals surface area contributed by atoms with E-state index in [2.05, 4.69) is 19.7 Å². The molecule has 21 heavy (non-hydrogen) atoms. The Morgan fingerprint density at radius 1 is 1.48 bits per heavy atom. The van der Waals surface area contributed by atoms with E-state index < -0.39 is 11.9 Å². The van der Waals surface area contributed by atoms with Crippen LogP contribution in [-0.4, -0.2) is 37.6 Å². The number of aromatic carboxylic acids is 1. The molecule has 0 aliphatic heterocycles. The molecule has 2 rings (SSSR count). The number of thioether (sulfide) groups is 1. The van der Waals surface area contributed by atoms with Gasteiger partial charge >= 0.3 is 5.97 Å². The molecule has 2 N–H and O–H groups in total. The van der Waals surface area contributed by atoms with Crippen molar-refractivity contribution in [1.29, 1.82) is 0 Å². The molecule has 0 bridgehead atoms. The zero-order valence-corrected chi connectivity index (χ0v) is 13.3. The molecule has 0 aliphatic rings. The van der Waals surface area contributed by atoms with Crippen LogP contribution in [0.2, 0.25) is 5.02 Å². The molecule has 0 saturated heterocycles. The fourth-order valence-electron chi connectivity index (χ4n) is 1.48. The van der Waals surface area contributed by atoms with E-state index in [-0.39, 0.29) is 21.3 Å². The van der Waals surface area contributed by atoms with Crippen LogP contribution in [0.5, 0.6) is 0 Å². The van der Waals surface area contributed by atoms with Crippen LogP contribution >= 0.6 is 34.9 Å². The minimum Gasteiger partial charge on any atom is -0.478 e. The summed E-state index contributed by atoms with van der Waals surface area (Å²) in [7, 11) is 0. The molecule has 0 aromatic carbocycles. The summed E-state index contributed by atoms with van der Waals surface area (Å²) < 4.78 is 3.92. The second-order valence-electron chi connectivity index (χ2n) is 3.78. The number of nitrogens with one attached hydrogen (secondary N) is 1. The van der Waals surface area contributed by atoms with Crippen molar-refractivity contribution in [3.05, 3.63) is 28.2 Å². The highest BCUT2D eigenvalue weighted by molar-refractivity contribution is 7.98. The van der Waals surface area contributed by atoms with Crippen LogP contribution in [0.25, 0.3) is 0 Å². The van der Waals surface area contributed by atoms with Crippen LogP contribution in [-0.2, 0) is 0 Å². The summed E-state index contributed by atoms with van der Waals surface area (Å²) in [6.45, 7) is 1.55. The van der Waals surface area contributed by atoms with E-state index in [1.54, 1.807) is 13.2 Å². The van der Waals surface area contributed by atoms with Crippen LogP contribution in [0.15, 0.2) is 11.4 Å². The van der Waals surface area contributed by atoms with Crippen molar-refractivity contribution >= 4 is 51.8 Å². The Hall–Kier alpha value is -1.71. The number of carbonyl (C=O) groups excluding carboxylic acids is 1. The van der Waals surface area contributed by atoms with E-state index in [0.29, 0.717) is 10.9 Å². The molecule has 1 amide bonds. The normalized spacial score (nSPS) is 10.4. The number of hydrogen-bond donors (Lipinski definition) is 2. The first-order valence-electron chi connectivity index (χ1n) is 5.51. The van der Waals surface area contributed by atoms with Crippen molar-refractivity contribution in [3.8, 4) is 0 Å². The average molecular weight is 345 g/mol. The topological polar surface area (TPSA) is 105 Å². The predicted octanol–water partition coefficient (Wildman–Crippen LogP) is 2.57. The lowest BCUT2D eigenvalue weighted by Gasteiger charge is -2.05. The summed E-state index contributed by atoms with van der Waals surface area (Å²) in [6.07, 6.45) is 3.09. The summed E-state index contributed by atoms with van der Waals surface area (Å²) in [5.74, 6) is -1.76. The molecular weight excluding hydrogens is 336 g/mol. The number of carboxylic acid groups (broad SMARTS) is 1. The minimum atomic E-state index is -1.16. The van der Waals surface area contributed by atoms with E-state index in [9.17, 15) is 9.59 Å². The SMILES string of the molecule is CSc1ncc(Cl)c(C(=O)Nc2snc(C)c2C(=O)O)n1. The quantitative estimate of drug-likeness (QED) is 0.648. The first kappa shape index (κ1) is 15.7. The van der Waals surface area contributed by atoms with Gasteiger partial charge in [-0.3, -0.25) is 4.79 Å². The highest BCUT2D eigenvalue weighted by Gasteiger charge is 2.21. The Morgan fingerprint density at radius 3 is 2.81 bits per heavy atom. The number of rotatable bonds is 4.